The van der Waals surface area contributed by atoms with Crippen molar-refractivity contribution >= 4 is 43.7 Å². The molecule has 1 aliphatic rings. The van der Waals surface area contributed by atoms with E-state index >= 15 is 0 Å². The first-order valence-corrected chi connectivity index (χ1v) is 10.1. The monoisotopic (exact) mass is 353 g/mol. The third kappa shape index (κ3) is 2.13. The molecule has 2 aromatic heterocycles. The first-order chi connectivity index (χ1) is 13.3. The molecule has 2 nitrogen and oxygen atoms in total. The van der Waals surface area contributed by atoms with Gasteiger partial charge in [-0.15, -0.1) is 0 Å². The average molecular weight is 353 g/mol. The number of hydrogen-bond acceptors (Lipinski definition) is 1. The molecule has 6 rings (SSSR count). The number of benzene rings is 3. The molecule has 134 valence electrons. The highest BCUT2D eigenvalue weighted by Gasteiger charge is 2.19. The van der Waals surface area contributed by atoms with Gasteiger partial charge in [-0.25, -0.2) is 0 Å². The van der Waals surface area contributed by atoms with Gasteiger partial charge in [0.2, 0.25) is 0 Å². The van der Waals surface area contributed by atoms with Gasteiger partial charge >= 0.3 is 0 Å². The van der Waals surface area contributed by atoms with E-state index in [0.717, 1.165) is 11.2 Å². The number of nitrogens with zero attached hydrogens (tertiary/aromatic N) is 1. The van der Waals surface area contributed by atoms with E-state index < -0.39 is 0 Å². The van der Waals surface area contributed by atoms with E-state index in [0.29, 0.717) is 5.92 Å². The van der Waals surface area contributed by atoms with Crippen molar-refractivity contribution in [2.45, 2.75) is 38.0 Å². The summed E-state index contributed by atoms with van der Waals surface area (Å²) >= 11 is 0. The Morgan fingerprint density at radius 1 is 0.815 bits per heavy atom. The van der Waals surface area contributed by atoms with Crippen molar-refractivity contribution in [2.24, 2.45) is 7.05 Å². The van der Waals surface area contributed by atoms with E-state index in [-0.39, 0.29) is 0 Å². The highest BCUT2D eigenvalue weighted by Crippen LogP contribution is 2.41. The lowest BCUT2D eigenvalue weighted by molar-refractivity contribution is 0.444. The summed E-state index contributed by atoms with van der Waals surface area (Å²) in [6.07, 6.45) is 6.79. The fraction of sp³-hybridized carbons (Fsp3) is 0.280. The third-order valence-electron chi connectivity index (χ3n) is 6.61. The van der Waals surface area contributed by atoms with Gasteiger partial charge in [-0.2, -0.15) is 0 Å². The van der Waals surface area contributed by atoms with E-state index in [9.17, 15) is 0 Å². The minimum Gasteiger partial charge on any atom is -0.455 e. The Hall–Kier alpha value is -2.74. The molecule has 3 aromatic carbocycles. The second-order valence-corrected chi connectivity index (χ2v) is 8.11. The van der Waals surface area contributed by atoms with Crippen molar-refractivity contribution in [3.63, 3.8) is 0 Å². The third-order valence-corrected chi connectivity index (χ3v) is 6.61. The van der Waals surface area contributed by atoms with Crippen LogP contribution in [0.1, 0.15) is 43.6 Å². The molecule has 1 fully saturated rings. The van der Waals surface area contributed by atoms with Gasteiger partial charge in [0.1, 0.15) is 11.2 Å². The largest absolute Gasteiger partial charge is 0.455 e. The van der Waals surface area contributed by atoms with Crippen LogP contribution in [0.5, 0.6) is 0 Å². The Bertz CT molecular complexity index is 1310. The van der Waals surface area contributed by atoms with Crippen LogP contribution in [0.4, 0.5) is 0 Å². The summed E-state index contributed by atoms with van der Waals surface area (Å²) < 4.78 is 8.67. The summed E-state index contributed by atoms with van der Waals surface area (Å²) in [6, 6.07) is 19.9. The van der Waals surface area contributed by atoms with Crippen molar-refractivity contribution in [1.29, 1.82) is 0 Å². The van der Waals surface area contributed by atoms with E-state index in [1.54, 1.807) is 0 Å². The number of para-hydroxylation sites is 1. The van der Waals surface area contributed by atoms with E-state index in [1.807, 2.05) is 6.07 Å². The fourth-order valence-electron chi connectivity index (χ4n) is 5.18. The lowest BCUT2D eigenvalue weighted by Crippen LogP contribution is -2.04. The van der Waals surface area contributed by atoms with Crippen molar-refractivity contribution in [3.05, 3.63) is 60.2 Å². The topological polar surface area (TPSA) is 18.1 Å². The molecule has 0 radical (unpaired) electrons. The van der Waals surface area contributed by atoms with Gasteiger partial charge in [-0.1, -0.05) is 43.5 Å². The molecule has 0 saturated heterocycles. The van der Waals surface area contributed by atoms with Crippen LogP contribution in [0.15, 0.2) is 59.0 Å². The van der Waals surface area contributed by atoms with Gasteiger partial charge in [0, 0.05) is 28.7 Å². The Labute approximate surface area is 158 Å². The van der Waals surface area contributed by atoms with Gasteiger partial charge in [-0.05, 0) is 54.7 Å². The second kappa shape index (κ2) is 5.63. The predicted octanol–water partition coefficient (Wildman–Crippen LogP) is 7.28. The molecule has 0 unspecified atom stereocenters. The standard InChI is InChI=1S/C25H23NO/c1-26-21-13-11-17(16-7-3-2-4-8-16)15-20(21)24-22(26)14-12-19-18-9-5-6-10-23(18)27-25(19)24/h5-6,9-16H,2-4,7-8H2,1H3. The zero-order chi connectivity index (χ0) is 18.0. The maximum absolute atomic E-state index is 6.36. The molecule has 1 saturated carbocycles. The van der Waals surface area contributed by atoms with E-state index in [4.69, 9.17) is 4.42 Å². The molecule has 0 spiro atoms. The average Bonchev–Trinajstić information content (AvgIpc) is 3.24. The molecule has 1 aliphatic carbocycles. The van der Waals surface area contributed by atoms with Gasteiger partial charge in [-0.3, -0.25) is 0 Å². The van der Waals surface area contributed by atoms with Crippen LogP contribution in [0.25, 0.3) is 43.7 Å². The summed E-state index contributed by atoms with van der Waals surface area (Å²) in [5, 5.41) is 5.02. The quantitative estimate of drug-likeness (QED) is 0.310. The highest BCUT2D eigenvalue weighted by atomic mass is 16.3. The molecule has 2 heterocycles. The number of hydrogen-bond donors (Lipinski definition) is 0. The molecular formula is C25H23NO. The van der Waals surface area contributed by atoms with Crippen LogP contribution in [-0.4, -0.2) is 4.57 Å². The van der Waals surface area contributed by atoms with Gasteiger partial charge in [0.25, 0.3) is 0 Å². The van der Waals surface area contributed by atoms with Crippen LogP contribution >= 0.6 is 0 Å². The maximum Gasteiger partial charge on any atom is 0.145 e. The molecule has 5 aromatic rings. The zero-order valence-corrected chi connectivity index (χ0v) is 15.7. The zero-order valence-electron chi connectivity index (χ0n) is 15.7. The van der Waals surface area contributed by atoms with Crippen LogP contribution in [0, 0.1) is 0 Å². The Balaban J connectivity index is 1.71. The molecular weight excluding hydrogens is 330 g/mol. The van der Waals surface area contributed by atoms with Crippen molar-refractivity contribution in [3.8, 4) is 0 Å². The first-order valence-electron chi connectivity index (χ1n) is 10.1. The van der Waals surface area contributed by atoms with Crippen LogP contribution in [0.3, 0.4) is 0 Å². The van der Waals surface area contributed by atoms with Crippen LogP contribution in [0.2, 0.25) is 0 Å². The van der Waals surface area contributed by atoms with Crippen molar-refractivity contribution < 1.29 is 4.42 Å². The Kier molecular flexibility index (Phi) is 3.19. The second-order valence-electron chi connectivity index (χ2n) is 8.11. The Morgan fingerprint density at radius 3 is 2.52 bits per heavy atom. The highest BCUT2D eigenvalue weighted by molar-refractivity contribution is 6.23. The first kappa shape index (κ1) is 15.3. The molecule has 2 heteroatoms. The SMILES string of the molecule is Cn1c2ccc(C3CCCCC3)cc2c2c3oc4ccccc4c3ccc21. The minimum atomic E-state index is 0.716. The number of rotatable bonds is 1. The molecule has 0 atom stereocenters. The lowest BCUT2D eigenvalue weighted by Gasteiger charge is -2.22. The van der Waals surface area contributed by atoms with Crippen molar-refractivity contribution in [2.75, 3.05) is 0 Å². The molecule has 0 N–H and O–H groups in total. The maximum atomic E-state index is 6.36. The van der Waals surface area contributed by atoms with Crippen LogP contribution in [-0.2, 0) is 7.05 Å². The molecule has 0 amide bonds. The summed E-state index contributed by atoms with van der Waals surface area (Å²) in [4.78, 5) is 0. The number of aromatic nitrogens is 1. The smallest absolute Gasteiger partial charge is 0.145 e. The number of furan rings is 1. The van der Waals surface area contributed by atoms with E-state index in [2.05, 4.69) is 60.1 Å². The molecule has 0 bridgehead atoms. The lowest BCUT2D eigenvalue weighted by atomic mass is 9.84. The summed E-state index contributed by atoms with van der Waals surface area (Å²) in [7, 11) is 2.17. The Morgan fingerprint density at radius 2 is 1.63 bits per heavy atom. The van der Waals surface area contributed by atoms with Gasteiger partial charge < -0.3 is 8.98 Å². The van der Waals surface area contributed by atoms with Gasteiger partial charge in [0.05, 0.1) is 10.9 Å². The van der Waals surface area contributed by atoms with Crippen molar-refractivity contribution in [1.82, 2.24) is 4.57 Å². The molecule has 0 aliphatic heterocycles. The summed E-state index contributed by atoms with van der Waals surface area (Å²) in [5.74, 6) is 0.716. The minimum absolute atomic E-state index is 0.716. The van der Waals surface area contributed by atoms with Gasteiger partial charge in [0.15, 0.2) is 0 Å². The summed E-state index contributed by atoms with van der Waals surface area (Å²) in [5.41, 5.74) is 6.04. The number of fused-ring (bicyclic) bond motifs is 7. The normalized spacial score (nSPS) is 16.2. The summed E-state index contributed by atoms with van der Waals surface area (Å²) in [6.45, 7) is 0. The van der Waals surface area contributed by atoms with E-state index in [1.165, 1.54) is 70.2 Å². The number of aryl methyl sites for hydroxylation is 1. The van der Waals surface area contributed by atoms with Crippen LogP contribution < -0.4 is 0 Å². The molecule has 27 heavy (non-hydrogen) atoms. The fourth-order valence-corrected chi connectivity index (χ4v) is 5.18. The predicted molar refractivity (Wildman–Crippen MR) is 114 cm³/mol.